The molecule has 0 unspecified atom stereocenters. The molecule has 0 aliphatic rings. The van der Waals surface area contributed by atoms with Crippen molar-refractivity contribution in [3.8, 4) is 5.69 Å². The number of carbonyl (C=O) groups is 2. The topological polar surface area (TPSA) is 100 Å². The van der Waals surface area contributed by atoms with Gasteiger partial charge in [-0.25, -0.2) is 9.48 Å². The van der Waals surface area contributed by atoms with Gasteiger partial charge in [-0.1, -0.05) is 6.07 Å². The lowest BCUT2D eigenvalue weighted by Gasteiger charge is -2.13. The number of hydrogen-bond donors (Lipinski definition) is 1. The van der Waals surface area contributed by atoms with Crippen molar-refractivity contribution in [2.45, 2.75) is 13.1 Å². The average molecular weight is 420 g/mol. The molecule has 0 spiro atoms. The number of aromatic nitrogens is 3. The van der Waals surface area contributed by atoms with Crippen LogP contribution in [0.25, 0.3) is 5.69 Å². The molecular formula is C19H15F3N4O4. The van der Waals surface area contributed by atoms with Crippen molar-refractivity contribution in [1.29, 1.82) is 0 Å². The third-order valence-corrected chi connectivity index (χ3v) is 3.94. The number of carbonyl (C=O) groups excluding carboxylic acids is 2. The first kappa shape index (κ1) is 20.8. The second-order valence-corrected chi connectivity index (χ2v) is 5.95. The predicted octanol–water partition coefficient (Wildman–Crippen LogP) is 2.95. The first-order chi connectivity index (χ1) is 14.2. The van der Waals surface area contributed by atoms with Crippen molar-refractivity contribution in [3.63, 3.8) is 0 Å². The van der Waals surface area contributed by atoms with Gasteiger partial charge in [0.15, 0.2) is 11.9 Å². The summed E-state index contributed by atoms with van der Waals surface area (Å²) in [5, 5.41) is 17.8. The third-order valence-electron chi connectivity index (χ3n) is 3.94. The van der Waals surface area contributed by atoms with Gasteiger partial charge < -0.3 is 15.3 Å². The van der Waals surface area contributed by atoms with Gasteiger partial charge in [-0.3, -0.25) is 4.79 Å². The summed E-state index contributed by atoms with van der Waals surface area (Å²) >= 11 is 0. The van der Waals surface area contributed by atoms with E-state index in [1.165, 1.54) is 49.4 Å². The van der Waals surface area contributed by atoms with Gasteiger partial charge in [0.2, 0.25) is 0 Å². The molecule has 2 aromatic heterocycles. The van der Waals surface area contributed by atoms with Crippen LogP contribution in [0.1, 0.15) is 33.5 Å². The third kappa shape index (κ3) is 4.24. The van der Waals surface area contributed by atoms with E-state index in [1.54, 1.807) is 0 Å². The molecule has 0 aliphatic heterocycles. The van der Waals surface area contributed by atoms with Gasteiger partial charge in [-0.15, -0.1) is 0 Å². The Balaban J connectivity index is 1.97. The minimum atomic E-state index is -4.89. The summed E-state index contributed by atoms with van der Waals surface area (Å²) in [5.41, 5.74) is -2.15. The second-order valence-electron chi connectivity index (χ2n) is 5.95. The molecule has 3 aromatic rings. The molecule has 0 bridgehead atoms. The molecule has 1 N–H and O–H groups in total. The van der Waals surface area contributed by atoms with Crippen LogP contribution < -0.4 is 10.0 Å². The number of nitrogens with zero attached hydrogens (tertiary/aromatic N) is 3. The zero-order valence-electron chi connectivity index (χ0n) is 15.5. The smallest absolute Gasteiger partial charge is 0.434 e. The summed E-state index contributed by atoms with van der Waals surface area (Å²) in [6.45, 7) is 1.38. The Morgan fingerprint density at radius 2 is 2.00 bits per heavy atom. The number of alkyl halides is 3. The Morgan fingerprint density at radius 1 is 1.23 bits per heavy atom. The lowest BCUT2D eigenvalue weighted by molar-refractivity contribution is -0.607. The van der Waals surface area contributed by atoms with Gasteiger partial charge in [0, 0.05) is 17.8 Å². The zero-order valence-corrected chi connectivity index (χ0v) is 15.5. The fourth-order valence-corrected chi connectivity index (χ4v) is 2.69. The highest BCUT2D eigenvalue weighted by molar-refractivity contribution is 6.02. The molecule has 0 fully saturated rings. The molecule has 0 atom stereocenters. The highest BCUT2D eigenvalue weighted by Crippen LogP contribution is 2.34. The summed E-state index contributed by atoms with van der Waals surface area (Å²) in [7, 11) is 0. The lowest BCUT2D eigenvalue weighted by atomic mass is 10.2. The fraction of sp³-hybridized carbons (Fsp3) is 0.158. The van der Waals surface area contributed by atoms with Gasteiger partial charge in [0.25, 0.3) is 5.69 Å². The Hall–Kier alpha value is -3.89. The number of amides is 1. The molecule has 1 amide bonds. The molecule has 8 nitrogen and oxygen atoms in total. The van der Waals surface area contributed by atoms with Crippen LogP contribution in [0.5, 0.6) is 0 Å². The normalized spacial score (nSPS) is 11.2. The summed E-state index contributed by atoms with van der Waals surface area (Å²) in [5.74, 6) is -1.89. The number of hydrogen-bond acceptors (Lipinski definition) is 5. The largest absolute Gasteiger partial charge is 0.618 e. The van der Waals surface area contributed by atoms with Crippen LogP contribution in [0.4, 0.5) is 18.9 Å². The van der Waals surface area contributed by atoms with Crippen molar-refractivity contribution >= 4 is 17.6 Å². The Labute approximate surface area is 168 Å². The van der Waals surface area contributed by atoms with Crippen LogP contribution in [0.3, 0.4) is 0 Å². The van der Waals surface area contributed by atoms with E-state index in [-0.39, 0.29) is 23.7 Å². The van der Waals surface area contributed by atoms with E-state index >= 15 is 0 Å². The van der Waals surface area contributed by atoms with E-state index in [4.69, 9.17) is 0 Å². The van der Waals surface area contributed by atoms with Crippen LogP contribution in [0, 0.1) is 5.21 Å². The number of benzene rings is 1. The molecule has 1 aromatic carbocycles. The van der Waals surface area contributed by atoms with E-state index in [2.05, 4.69) is 15.2 Å². The number of halogens is 3. The highest BCUT2D eigenvalue weighted by atomic mass is 19.4. The summed E-state index contributed by atoms with van der Waals surface area (Å²) in [4.78, 5) is 24.2. The van der Waals surface area contributed by atoms with Crippen molar-refractivity contribution in [3.05, 3.63) is 77.0 Å². The van der Waals surface area contributed by atoms with Gasteiger partial charge in [-0.2, -0.15) is 23.0 Å². The molecule has 0 saturated heterocycles. The highest BCUT2D eigenvalue weighted by Gasteiger charge is 2.41. The van der Waals surface area contributed by atoms with E-state index < -0.39 is 29.3 Å². The van der Waals surface area contributed by atoms with E-state index in [0.29, 0.717) is 9.41 Å². The van der Waals surface area contributed by atoms with Gasteiger partial charge in [0.1, 0.15) is 5.56 Å². The van der Waals surface area contributed by atoms with Crippen molar-refractivity contribution in [2.75, 3.05) is 11.9 Å². The number of rotatable bonds is 5. The van der Waals surface area contributed by atoms with Crippen LogP contribution >= 0.6 is 0 Å². The first-order valence-corrected chi connectivity index (χ1v) is 8.64. The number of esters is 1. The Morgan fingerprint density at radius 3 is 2.67 bits per heavy atom. The lowest BCUT2D eigenvalue weighted by Crippen LogP contribution is -2.36. The monoisotopic (exact) mass is 420 g/mol. The van der Waals surface area contributed by atoms with E-state index in [9.17, 15) is 28.0 Å². The standard InChI is InChI=1S/C19H15F3N4O4/c1-2-30-18(28)14-11-23-26(16(14)19(20,21)22)13-7-5-6-12(10-13)24-17(27)15-8-3-4-9-25(15)29/h3-11H,2H2,1H3,(H,24,27). The molecule has 30 heavy (non-hydrogen) atoms. The molecule has 156 valence electrons. The predicted molar refractivity (Wildman–Crippen MR) is 97.9 cm³/mol. The molecule has 0 aliphatic carbocycles. The summed E-state index contributed by atoms with van der Waals surface area (Å²) in [6, 6.07) is 9.62. The maximum atomic E-state index is 13.6. The number of nitrogens with one attached hydrogen (secondary N) is 1. The summed E-state index contributed by atoms with van der Waals surface area (Å²) < 4.78 is 46.5. The first-order valence-electron chi connectivity index (χ1n) is 8.64. The number of anilines is 1. The SMILES string of the molecule is CCOC(=O)c1cnn(-c2cccc(NC(=O)c3cccc[n+]3[O-])c2)c1C(F)(F)F. The number of ether oxygens (including phenoxy) is 1. The Bertz CT molecular complexity index is 1100. The van der Waals surface area contributed by atoms with Gasteiger partial charge >= 0.3 is 18.1 Å². The van der Waals surface area contributed by atoms with Crippen LogP contribution in [-0.4, -0.2) is 28.3 Å². The van der Waals surface area contributed by atoms with Crippen LogP contribution in [0.2, 0.25) is 0 Å². The molecule has 0 saturated carbocycles. The summed E-state index contributed by atoms with van der Waals surface area (Å²) in [6.07, 6.45) is -2.98. The molecule has 2 heterocycles. The minimum absolute atomic E-state index is 0.0567. The van der Waals surface area contributed by atoms with Crippen molar-refractivity contribution < 1.29 is 32.2 Å². The zero-order chi connectivity index (χ0) is 21.9. The van der Waals surface area contributed by atoms with Crippen molar-refractivity contribution in [1.82, 2.24) is 9.78 Å². The van der Waals surface area contributed by atoms with Crippen LogP contribution in [-0.2, 0) is 10.9 Å². The van der Waals surface area contributed by atoms with Gasteiger partial charge in [-0.05, 0) is 31.2 Å². The fourth-order valence-electron chi connectivity index (χ4n) is 2.69. The van der Waals surface area contributed by atoms with Crippen molar-refractivity contribution in [2.24, 2.45) is 0 Å². The van der Waals surface area contributed by atoms with E-state index in [1.807, 2.05) is 0 Å². The average Bonchev–Trinajstić information content (AvgIpc) is 3.14. The Kier molecular flexibility index (Phi) is 5.72. The maximum absolute atomic E-state index is 13.6. The molecule has 3 rings (SSSR count). The number of pyridine rings is 1. The van der Waals surface area contributed by atoms with Gasteiger partial charge in [0.05, 0.1) is 18.5 Å². The molecule has 0 radical (unpaired) electrons. The molecule has 11 heteroatoms. The quantitative estimate of drug-likeness (QED) is 0.389. The maximum Gasteiger partial charge on any atom is 0.434 e. The minimum Gasteiger partial charge on any atom is -0.618 e. The van der Waals surface area contributed by atoms with Crippen LogP contribution in [0.15, 0.2) is 54.9 Å². The molecular weight excluding hydrogens is 405 g/mol. The second kappa shape index (κ2) is 8.23. The van der Waals surface area contributed by atoms with E-state index in [0.717, 1.165) is 12.4 Å².